The Bertz CT molecular complexity index is 556. The number of nitrogens with zero attached hydrogens (tertiary/aromatic N) is 1. The van der Waals surface area contributed by atoms with Gasteiger partial charge in [0, 0.05) is 19.1 Å². The Hall–Kier alpha value is -1.64. The van der Waals surface area contributed by atoms with Crippen LogP contribution in [0.5, 0.6) is 0 Å². The van der Waals surface area contributed by atoms with E-state index in [1.54, 1.807) is 0 Å². The van der Waals surface area contributed by atoms with Crippen LogP contribution in [0.3, 0.4) is 0 Å². The first-order valence-corrected chi connectivity index (χ1v) is 9.39. The fourth-order valence-corrected chi connectivity index (χ4v) is 3.97. The lowest BCUT2D eigenvalue weighted by Crippen LogP contribution is -2.48. The second kappa shape index (κ2) is 8.46. The van der Waals surface area contributed by atoms with Crippen LogP contribution in [0.25, 0.3) is 0 Å². The van der Waals surface area contributed by atoms with Gasteiger partial charge in [-0.15, -0.1) is 0 Å². The SMILES string of the molecule is CCCC[C@@H]1CN(C(c2ccccc2)c2ccccc2)CC[C@@H]1N. The van der Waals surface area contributed by atoms with E-state index in [9.17, 15) is 0 Å². The quantitative estimate of drug-likeness (QED) is 0.841. The molecule has 2 aromatic carbocycles. The van der Waals surface area contributed by atoms with Gasteiger partial charge in [-0.25, -0.2) is 0 Å². The molecule has 0 amide bonds. The van der Waals surface area contributed by atoms with E-state index in [0.29, 0.717) is 18.0 Å². The molecule has 3 rings (SSSR count). The third-order valence-electron chi connectivity index (χ3n) is 5.35. The van der Waals surface area contributed by atoms with Gasteiger partial charge in [-0.1, -0.05) is 80.4 Å². The van der Waals surface area contributed by atoms with Gasteiger partial charge in [-0.2, -0.15) is 0 Å². The van der Waals surface area contributed by atoms with Crippen molar-refractivity contribution in [3.05, 3.63) is 71.8 Å². The number of unbranched alkanes of at least 4 members (excludes halogenated alkanes) is 1. The van der Waals surface area contributed by atoms with Gasteiger partial charge < -0.3 is 5.73 Å². The smallest absolute Gasteiger partial charge is 0.0601 e. The van der Waals surface area contributed by atoms with Gasteiger partial charge in [-0.3, -0.25) is 4.90 Å². The number of piperidine rings is 1. The van der Waals surface area contributed by atoms with Crippen LogP contribution >= 0.6 is 0 Å². The number of likely N-dealkylation sites (tertiary alicyclic amines) is 1. The molecule has 0 saturated carbocycles. The molecule has 2 atom stereocenters. The fourth-order valence-electron chi connectivity index (χ4n) is 3.97. The van der Waals surface area contributed by atoms with Crippen molar-refractivity contribution >= 4 is 0 Å². The van der Waals surface area contributed by atoms with Gasteiger partial charge in [0.1, 0.15) is 0 Å². The van der Waals surface area contributed by atoms with Crippen LogP contribution in [-0.2, 0) is 0 Å². The molecule has 0 aromatic heterocycles. The summed E-state index contributed by atoms with van der Waals surface area (Å²) in [6, 6.07) is 22.5. The van der Waals surface area contributed by atoms with Gasteiger partial charge in [0.25, 0.3) is 0 Å². The minimum atomic E-state index is 0.337. The highest BCUT2D eigenvalue weighted by Gasteiger charge is 2.31. The van der Waals surface area contributed by atoms with Crippen molar-refractivity contribution < 1.29 is 0 Å². The second-order valence-corrected chi connectivity index (χ2v) is 7.07. The predicted octanol–water partition coefficient (Wildman–Crippen LogP) is 4.62. The summed E-state index contributed by atoms with van der Waals surface area (Å²) in [6.45, 7) is 4.46. The zero-order valence-electron chi connectivity index (χ0n) is 14.8. The van der Waals surface area contributed by atoms with Crippen LogP contribution in [0.4, 0.5) is 0 Å². The molecule has 2 N–H and O–H groups in total. The summed E-state index contributed by atoms with van der Waals surface area (Å²) in [4.78, 5) is 2.65. The summed E-state index contributed by atoms with van der Waals surface area (Å²) < 4.78 is 0. The van der Waals surface area contributed by atoms with Crippen molar-refractivity contribution in [2.24, 2.45) is 11.7 Å². The zero-order valence-corrected chi connectivity index (χ0v) is 14.8. The molecule has 2 nitrogen and oxygen atoms in total. The first-order valence-electron chi connectivity index (χ1n) is 9.39. The highest BCUT2D eigenvalue weighted by molar-refractivity contribution is 5.32. The Morgan fingerprint density at radius 3 is 2.12 bits per heavy atom. The fraction of sp³-hybridized carbons (Fsp3) is 0.455. The third-order valence-corrected chi connectivity index (χ3v) is 5.35. The molecule has 1 aliphatic heterocycles. The first kappa shape index (κ1) is 17.2. The Morgan fingerprint density at radius 1 is 1.00 bits per heavy atom. The van der Waals surface area contributed by atoms with Crippen LogP contribution in [0.2, 0.25) is 0 Å². The van der Waals surface area contributed by atoms with Crippen molar-refractivity contribution in [1.82, 2.24) is 4.90 Å². The van der Waals surface area contributed by atoms with Gasteiger partial charge in [0.05, 0.1) is 6.04 Å². The molecule has 1 aliphatic rings. The molecule has 2 heteroatoms. The van der Waals surface area contributed by atoms with Crippen LogP contribution in [0.1, 0.15) is 49.8 Å². The van der Waals surface area contributed by atoms with E-state index in [1.807, 2.05) is 0 Å². The van der Waals surface area contributed by atoms with Crippen molar-refractivity contribution in [3.63, 3.8) is 0 Å². The van der Waals surface area contributed by atoms with Crippen LogP contribution in [-0.4, -0.2) is 24.0 Å². The standard InChI is InChI=1S/C22H30N2/c1-2-3-10-20-17-24(16-15-21(20)23)22(18-11-6-4-7-12-18)19-13-8-5-9-14-19/h4-9,11-14,20-22H,2-3,10,15-17,23H2,1H3/t20-,21+/m1/s1. The van der Waals surface area contributed by atoms with E-state index >= 15 is 0 Å². The Morgan fingerprint density at radius 2 is 1.58 bits per heavy atom. The van der Waals surface area contributed by atoms with Crippen molar-refractivity contribution in [2.45, 2.75) is 44.7 Å². The maximum Gasteiger partial charge on any atom is 0.0601 e. The average Bonchev–Trinajstić information content (AvgIpc) is 2.64. The lowest BCUT2D eigenvalue weighted by Gasteiger charge is -2.41. The second-order valence-electron chi connectivity index (χ2n) is 7.07. The summed E-state index contributed by atoms with van der Waals surface area (Å²) in [7, 11) is 0. The Kier molecular flexibility index (Phi) is 6.06. The molecular formula is C22H30N2. The molecule has 24 heavy (non-hydrogen) atoms. The van der Waals surface area contributed by atoms with Gasteiger partial charge in [-0.05, 0) is 29.9 Å². The molecule has 0 aliphatic carbocycles. The van der Waals surface area contributed by atoms with Gasteiger partial charge in [0.15, 0.2) is 0 Å². The predicted molar refractivity (Wildman–Crippen MR) is 102 cm³/mol. The zero-order chi connectivity index (χ0) is 16.8. The van der Waals surface area contributed by atoms with E-state index in [4.69, 9.17) is 5.73 Å². The van der Waals surface area contributed by atoms with Crippen molar-refractivity contribution in [1.29, 1.82) is 0 Å². The molecule has 0 radical (unpaired) electrons. The molecule has 2 aromatic rings. The summed E-state index contributed by atoms with van der Waals surface area (Å²) in [5.74, 6) is 0.619. The molecular weight excluding hydrogens is 292 g/mol. The number of hydrogen-bond donors (Lipinski definition) is 1. The topological polar surface area (TPSA) is 29.3 Å². The van der Waals surface area contributed by atoms with E-state index in [0.717, 1.165) is 19.5 Å². The van der Waals surface area contributed by atoms with Gasteiger partial charge >= 0.3 is 0 Å². The molecule has 0 spiro atoms. The van der Waals surface area contributed by atoms with Gasteiger partial charge in [0.2, 0.25) is 0 Å². The monoisotopic (exact) mass is 322 g/mol. The summed E-state index contributed by atoms with van der Waals surface area (Å²) in [6.07, 6.45) is 4.90. The van der Waals surface area contributed by atoms with Crippen molar-refractivity contribution in [2.75, 3.05) is 13.1 Å². The lowest BCUT2D eigenvalue weighted by molar-refractivity contribution is 0.119. The van der Waals surface area contributed by atoms with E-state index < -0.39 is 0 Å². The number of benzene rings is 2. The number of hydrogen-bond acceptors (Lipinski definition) is 2. The van der Waals surface area contributed by atoms with E-state index in [1.165, 1.54) is 30.4 Å². The molecule has 1 fully saturated rings. The molecule has 0 bridgehead atoms. The number of nitrogens with two attached hydrogens (primary N) is 1. The summed E-state index contributed by atoms with van der Waals surface area (Å²) >= 11 is 0. The first-order chi connectivity index (χ1) is 11.8. The van der Waals surface area contributed by atoms with E-state index in [-0.39, 0.29) is 0 Å². The summed E-state index contributed by atoms with van der Waals surface area (Å²) in [5.41, 5.74) is 9.20. The Labute approximate surface area is 146 Å². The maximum absolute atomic E-state index is 6.43. The van der Waals surface area contributed by atoms with Crippen LogP contribution in [0.15, 0.2) is 60.7 Å². The average molecular weight is 322 g/mol. The third kappa shape index (κ3) is 4.06. The lowest BCUT2D eigenvalue weighted by atomic mass is 9.86. The minimum Gasteiger partial charge on any atom is -0.327 e. The largest absolute Gasteiger partial charge is 0.327 e. The highest BCUT2D eigenvalue weighted by Crippen LogP contribution is 2.33. The molecule has 1 saturated heterocycles. The molecule has 0 unspecified atom stereocenters. The molecule has 1 heterocycles. The highest BCUT2D eigenvalue weighted by atomic mass is 15.2. The van der Waals surface area contributed by atoms with E-state index in [2.05, 4.69) is 72.5 Å². The minimum absolute atomic E-state index is 0.337. The maximum atomic E-state index is 6.43. The Balaban J connectivity index is 1.86. The van der Waals surface area contributed by atoms with Crippen LogP contribution < -0.4 is 5.73 Å². The van der Waals surface area contributed by atoms with Crippen LogP contribution in [0, 0.1) is 5.92 Å². The molecule has 128 valence electrons. The normalized spacial score (nSPS) is 22.0. The number of rotatable bonds is 6. The summed E-state index contributed by atoms with van der Waals surface area (Å²) in [5, 5.41) is 0. The van der Waals surface area contributed by atoms with Crippen molar-refractivity contribution in [3.8, 4) is 0 Å².